The second-order valence-corrected chi connectivity index (χ2v) is 5.42. The molecule has 2 aromatic heterocycles. The normalized spacial score (nSPS) is 17.2. The minimum Gasteiger partial charge on any atom is -0.379 e. The summed E-state index contributed by atoms with van der Waals surface area (Å²) in [7, 11) is 0. The van der Waals surface area contributed by atoms with Crippen LogP contribution in [0.15, 0.2) is 16.2 Å². The van der Waals surface area contributed by atoms with Crippen LogP contribution in [0.1, 0.15) is 5.69 Å². The topological polar surface area (TPSA) is 29.8 Å². The molecule has 0 N–H and O–H groups in total. The van der Waals surface area contributed by atoms with E-state index in [0.717, 1.165) is 48.1 Å². The van der Waals surface area contributed by atoms with Gasteiger partial charge in [-0.1, -0.05) is 0 Å². The number of halogens is 2. The van der Waals surface area contributed by atoms with Crippen LogP contribution >= 0.6 is 44.2 Å². The van der Waals surface area contributed by atoms with Crippen LogP contribution in [0.2, 0.25) is 0 Å². The zero-order valence-electron chi connectivity index (χ0n) is 9.13. The van der Waals surface area contributed by atoms with Gasteiger partial charge in [0.05, 0.1) is 18.9 Å². The summed E-state index contributed by atoms with van der Waals surface area (Å²) in [5.41, 5.74) is 1.12. The maximum Gasteiger partial charge on any atom is 0.194 e. The van der Waals surface area contributed by atoms with E-state index in [1.807, 2.05) is 11.6 Å². The van der Waals surface area contributed by atoms with Gasteiger partial charge < -0.3 is 4.74 Å². The largest absolute Gasteiger partial charge is 0.379 e. The molecule has 0 aliphatic carbocycles. The van der Waals surface area contributed by atoms with E-state index in [9.17, 15) is 0 Å². The van der Waals surface area contributed by atoms with E-state index in [-0.39, 0.29) is 17.0 Å². The molecule has 7 heteroatoms. The molecule has 3 heterocycles. The van der Waals surface area contributed by atoms with Crippen molar-refractivity contribution in [3.63, 3.8) is 0 Å². The lowest BCUT2D eigenvalue weighted by molar-refractivity contribution is 0.0336. The molecule has 0 aromatic carbocycles. The first-order valence-electron chi connectivity index (χ1n) is 5.24. The van der Waals surface area contributed by atoms with Gasteiger partial charge in [-0.05, 0) is 15.9 Å². The average Bonchev–Trinajstić information content (AvgIpc) is 2.86. The van der Waals surface area contributed by atoms with Crippen molar-refractivity contribution in [1.82, 2.24) is 14.3 Å². The summed E-state index contributed by atoms with van der Waals surface area (Å²) < 4.78 is 8.50. The zero-order chi connectivity index (χ0) is 11.0. The summed E-state index contributed by atoms with van der Waals surface area (Å²) in [4.78, 5) is 8.05. The van der Waals surface area contributed by atoms with Crippen LogP contribution in [0.3, 0.4) is 0 Å². The van der Waals surface area contributed by atoms with Crippen molar-refractivity contribution in [1.29, 1.82) is 0 Å². The molecule has 0 bridgehead atoms. The molecule has 3 rings (SSSR count). The van der Waals surface area contributed by atoms with Crippen molar-refractivity contribution in [2.45, 2.75) is 6.54 Å². The first-order chi connectivity index (χ1) is 7.84. The minimum atomic E-state index is 0. The van der Waals surface area contributed by atoms with Gasteiger partial charge in [-0.15, -0.1) is 28.3 Å². The maximum absolute atomic E-state index is 5.33. The second-order valence-electron chi connectivity index (χ2n) is 3.79. The van der Waals surface area contributed by atoms with Crippen LogP contribution in [0.25, 0.3) is 4.96 Å². The lowest BCUT2D eigenvalue weighted by atomic mass is 10.3. The van der Waals surface area contributed by atoms with Crippen molar-refractivity contribution >= 4 is 49.2 Å². The van der Waals surface area contributed by atoms with Gasteiger partial charge in [-0.3, -0.25) is 9.30 Å². The summed E-state index contributed by atoms with van der Waals surface area (Å²) in [6.45, 7) is 4.56. The van der Waals surface area contributed by atoms with E-state index >= 15 is 0 Å². The van der Waals surface area contributed by atoms with E-state index in [4.69, 9.17) is 4.74 Å². The number of fused-ring (bicyclic) bond motifs is 1. The van der Waals surface area contributed by atoms with Gasteiger partial charge in [-0.25, -0.2) is 4.98 Å². The van der Waals surface area contributed by atoms with E-state index in [1.54, 1.807) is 11.3 Å². The Labute approximate surface area is 122 Å². The molecule has 1 aliphatic rings. The Kier molecular flexibility index (Phi) is 4.59. The van der Waals surface area contributed by atoms with E-state index < -0.39 is 0 Å². The highest BCUT2D eigenvalue weighted by Gasteiger charge is 2.16. The lowest BCUT2D eigenvalue weighted by Gasteiger charge is -2.25. The van der Waals surface area contributed by atoms with E-state index in [0.29, 0.717) is 0 Å². The third-order valence-electron chi connectivity index (χ3n) is 2.75. The fraction of sp³-hybridized carbons (Fsp3) is 0.500. The molecule has 0 unspecified atom stereocenters. The van der Waals surface area contributed by atoms with Crippen LogP contribution in [0, 0.1) is 0 Å². The highest BCUT2D eigenvalue weighted by atomic mass is 79.9. The highest BCUT2D eigenvalue weighted by molar-refractivity contribution is 9.10. The van der Waals surface area contributed by atoms with E-state index in [1.165, 1.54) is 0 Å². The smallest absolute Gasteiger partial charge is 0.194 e. The molecular weight excluding hydrogens is 370 g/mol. The molecule has 94 valence electrons. The number of hydrogen-bond acceptors (Lipinski definition) is 4. The Hall–Kier alpha value is 0.0500. The summed E-state index contributed by atoms with van der Waals surface area (Å²) in [5.74, 6) is 0. The van der Waals surface area contributed by atoms with Crippen LogP contribution in [-0.2, 0) is 11.3 Å². The van der Waals surface area contributed by atoms with Crippen molar-refractivity contribution in [2.24, 2.45) is 0 Å². The van der Waals surface area contributed by atoms with Crippen LogP contribution in [0.5, 0.6) is 0 Å². The number of imidazole rings is 1. The quantitative estimate of drug-likeness (QED) is 0.799. The van der Waals surface area contributed by atoms with Crippen LogP contribution < -0.4 is 0 Å². The second kappa shape index (κ2) is 5.79. The number of aromatic nitrogens is 2. The van der Waals surface area contributed by atoms with E-state index in [2.05, 4.69) is 30.2 Å². The first kappa shape index (κ1) is 13.5. The number of ether oxygens (including phenoxy) is 1. The molecule has 0 saturated carbocycles. The Balaban J connectivity index is 0.00000108. The Morgan fingerprint density at radius 1 is 1.41 bits per heavy atom. The molecular formula is C10H13Br2N3OS. The molecule has 1 aliphatic heterocycles. The van der Waals surface area contributed by atoms with Gasteiger partial charge in [0.15, 0.2) is 4.96 Å². The fourth-order valence-electron chi connectivity index (χ4n) is 1.87. The number of thiazole rings is 1. The predicted molar refractivity (Wildman–Crippen MR) is 77.2 cm³/mol. The van der Waals surface area contributed by atoms with Crippen molar-refractivity contribution in [2.75, 3.05) is 26.3 Å². The summed E-state index contributed by atoms with van der Waals surface area (Å²) >= 11 is 5.27. The molecule has 4 nitrogen and oxygen atoms in total. The SMILES string of the molecule is Br.Brc1c(CN2CCOCC2)nc2sccn12. The molecule has 0 radical (unpaired) electrons. The molecule has 0 atom stereocenters. The zero-order valence-corrected chi connectivity index (χ0v) is 13.3. The van der Waals surface area contributed by atoms with Crippen LogP contribution in [0.4, 0.5) is 0 Å². The number of morpholine rings is 1. The lowest BCUT2D eigenvalue weighted by Crippen LogP contribution is -2.35. The first-order valence-corrected chi connectivity index (χ1v) is 6.92. The average molecular weight is 383 g/mol. The predicted octanol–water partition coefficient (Wildman–Crippen LogP) is 2.57. The molecule has 17 heavy (non-hydrogen) atoms. The van der Waals surface area contributed by atoms with Gasteiger partial charge in [0, 0.05) is 31.2 Å². The summed E-state index contributed by atoms with van der Waals surface area (Å²) in [6.07, 6.45) is 2.04. The third-order valence-corrected chi connectivity index (χ3v) is 4.34. The van der Waals surface area contributed by atoms with Crippen molar-refractivity contribution in [3.05, 3.63) is 21.9 Å². The Morgan fingerprint density at radius 2 is 2.18 bits per heavy atom. The van der Waals surface area contributed by atoms with Crippen LogP contribution in [-0.4, -0.2) is 40.6 Å². The summed E-state index contributed by atoms with van der Waals surface area (Å²) in [5, 5.41) is 2.05. The standard InChI is InChI=1S/C10H12BrN3OS.BrH/c11-9-8(7-13-1-4-15-5-2-13)12-10-14(9)3-6-16-10;/h3,6H,1-2,4-5,7H2;1H. The van der Waals surface area contributed by atoms with Gasteiger partial charge in [0.25, 0.3) is 0 Å². The number of hydrogen-bond donors (Lipinski definition) is 0. The monoisotopic (exact) mass is 381 g/mol. The number of nitrogens with zero attached hydrogens (tertiary/aromatic N) is 3. The van der Waals surface area contributed by atoms with Gasteiger partial charge in [0.2, 0.25) is 0 Å². The van der Waals surface area contributed by atoms with Gasteiger partial charge in [-0.2, -0.15) is 0 Å². The Morgan fingerprint density at radius 3 is 2.88 bits per heavy atom. The van der Waals surface area contributed by atoms with Crippen molar-refractivity contribution < 1.29 is 4.74 Å². The minimum absolute atomic E-state index is 0. The van der Waals surface area contributed by atoms with Gasteiger partial charge >= 0.3 is 0 Å². The third kappa shape index (κ3) is 2.73. The molecule has 1 fully saturated rings. The number of rotatable bonds is 2. The fourth-order valence-corrected chi connectivity index (χ4v) is 3.23. The maximum atomic E-state index is 5.33. The molecule has 2 aromatic rings. The van der Waals surface area contributed by atoms with Gasteiger partial charge in [0.1, 0.15) is 4.60 Å². The molecule has 0 spiro atoms. The van der Waals surface area contributed by atoms with Crippen molar-refractivity contribution in [3.8, 4) is 0 Å². The molecule has 1 saturated heterocycles. The summed E-state index contributed by atoms with van der Waals surface area (Å²) in [6, 6.07) is 0. The molecule has 0 amide bonds. The Bertz CT molecular complexity index is 493. The highest BCUT2D eigenvalue weighted by Crippen LogP contribution is 2.23.